The molecule has 0 bridgehead atoms. The maximum Gasteiger partial charge on any atom is 0.0897 e. The van der Waals surface area contributed by atoms with Crippen molar-refractivity contribution < 1.29 is 9.84 Å². The highest BCUT2D eigenvalue weighted by atomic mass is 16.5. The Bertz CT molecular complexity index is 249. The topological polar surface area (TPSA) is 41.5 Å². The van der Waals surface area contributed by atoms with E-state index >= 15 is 0 Å². The van der Waals surface area contributed by atoms with Gasteiger partial charge in [-0.05, 0) is 31.1 Å². The zero-order chi connectivity index (χ0) is 13.0. The second kappa shape index (κ2) is 6.36. The van der Waals surface area contributed by atoms with E-state index in [9.17, 15) is 5.11 Å². The van der Waals surface area contributed by atoms with E-state index in [0.717, 1.165) is 0 Å². The molecule has 2 rings (SSSR count). The summed E-state index contributed by atoms with van der Waals surface area (Å²) < 4.78 is 5.74. The molecule has 0 aromatic carbocycles. The first kappa shape index (κ1) is 14.3. The summed E-state index contributed by atoms with van der Waals surface area (Å²) in [5, 5.41) is 13.5. The van der Waals surface area contributed by atoms with Crippen LogP contribution in [0.25, 0.3) is 0 Å². The fraction of sp³-hybridized carbons (Fsp3) is 1.00. The smallest absolute Gasteiger partial charge is 0.0897 e. The van der Waals surface area contributed by atoms with Crippen LogP contribution < -0.4 is 5.32 Å². The second-order valence-electron chi connectivity index (χ2n) is 6.74. The van der Waals surface area contributed by atoms with E-state index in [4.69, 9.17) is 4.74 Å². The Balaban J connectivity index is 1.60. The van der Waals surface area contributed by atoms with Crippen LogP contribution in [0.4, 0.5) is 0 Å². The Morgan fingerprint density at radius 2 is 1.94 bits per heavy atom. The Kier molecular flexibility index (Phi) is 5.05. The summed E-state index contributed by atoms with van der Waals surface area (Å²) in [6.45, 7) is 5.80. The van der Waals surface area contributed by atoms with E-state index < -0.39 is 0 Å². The molecular formula is C15H29NO2. The number of aliphatic hydroxyl groups is 1. The highest BCUT2D eigenvalue weighted by molar-refractivity contribution is 4.90. The van der Waals surface area contributed by atoms with E-state index in [1.807, 2.05) is 0 Å². The van der Waals surface area contributed by atoms with Crippen molar-refractivity contribution in [2.24, 2.45) is 5.41 Å². The Labute approximate surface area is 111 Å². The van der Waals surface area contributed by atoms with E-state index in [1.165, 1.54) is 44.9 Å². The Hall–Kier alpha value is -0.120. The highest BCUT2D eigenvalue weighted by Gasteiger charge is 2.34. The first-order valence-corrected chi connectivity index (χ1v) is 7.61. The third kappa shape index (κ3) is 3.94. The number of ether oxygens (including phenoxy) is 1. The Morgan fingerprint density at radius 3 is 2.56 bits per heavy atom. The van der Waals surface area contributed by atoms with Gasteiger partial charge >= 0.3 is 0 Å². The van der Waals surface area contributed by atoms with Crippen molar-refractivity contribution in [1.82, 2.24) is 5.32 Å². The number of rotatable bonds is 6. The molecule has 0 amide bonds. The van der Waals surface area contributed by atoms with Crippen molar-refractivity contribution in [3.8, 4) is 0 Å². The van der Waals surface area contributed by atoms with Gasteiger partial charge in [0.1, 0.15) is 0 Å². The van der Waals surface area contributed by atoms with Gasteiger partial charge in [-0.25, -0.2) is 0 Å². The molecule has 0 heterocycles. The third-order valence-corrected chi connectivity index (χ3v) is 4.68. The lowest BCUT2D eigenvalue weighted by molar-refractivity contribution is -0.00719. The van der Waals surface area contributed by atoms with E-state index in [2.05, 4.69) is 19.2 Å². The standard InChI is InChI=1S/C15H29NO2/c1-15(2)9-5-8-14(15)16-10-12(17)11-18-13-6-3-4-7-13/h12-14,16-17H,3-11H2,1-2H3. The summed E-state index contributed by atoms with van der Waals surface area (Å²) >= 11 is 0. The van der Waals surface area contributed by atoms with E-state index in [-0.39, 0.29) is 6.10 Å². The van der Waals surface area contributed by atoms with Gasteiger partial charge in [-0.3, -0.25) is 0 Å². The van der Waals surface area contributed by atoms with Crippen LogP contribution in [0.2, 0.25) is 0 Å². The Morgan fingerprint density at radius 1 is 1.22 bits per heavy atom. The van der Waals surface area contributed by atoms with Gasteiger partial charge in [-0.15, -0.1) is 0 Å². The molecule has 0 saturated heterocycles. The highest BCUT2D eigenvalue weighted by Crippen LogP contribution is 2.37. The molecule has 0 radical (unpaired) electrons. The van der Waals surface area contributed by atoms with E-state index in [0.29, 0.717) is 30.7 Å². The van der Waals surface area contributed by atoms with Crippen LogP contribution in [0.15, 0.2) is 0 Å². The molecule has 3 heteroatoms. The number of nitrogens with one attached hydrogen (secondary N) is 1. The van der Waals surface area contributed by atoms with Crippen LogP contribution >= 0.6 is 0 Å². The second-order valence-corrected chi connectivity index (χ2v) is 6.74. The molecule has 0 spiro atoms. The minimum absolute atomic E-state index is 0.359. The molecule has 18 heavy (non-hydrogen) atoms. The normalized spacial score (nSPS) is 29.8. The van der Waals surface area contributed by atoms with Gasteiger partial charge in [-0.2, -0.15) is 0 Å². The summed E-state index contributed by atoms with van der Waals surface area (Å²) in [5.74, 6) is 0. The molecule has 3 nitrogen and oxygen atoms in total. The summed E-state index contributed by atoms with van der Waals surface area (Å²) in [6, 6.07) is 0.554. The fourth-order valence-corrected chi connectivity index (χ4v) is 3.34. The summed E-state index contributed by atoms with van der Waals surface area (Å²) in [6.07, 6.45) is 8.81. The van der Waals surface area contributed by atoms with Crippen molar-refractivity contribution in [2.75, 3.05) is 13.2 Å². The largest absolute Gasteiger partial charge is 0.389 e. The van der Waals surface area contributed by atoms with Crippen molar-refractivity contribution in [3.05, 3.63) is 0 Å². The fourth-order valence-electron chi connectivity index (χ4n) is 3.34. The molecule has 2 saturated carbocycles. The van der Waals surface area contributed by atoms with Crippen molar-refractivity contribution in [2.45, 2.75) is 77.0 Å². The van der Waals surface area contributed by atoms with Crippen molar-refractivity contribution >= 4 is 0 Å². The SMILES string of the molecule is CC1(C)CCCC1NCC(O)COC1CCCC1. The number of hydrogen-bond acceptors (Lipinski definition) is 3. The van der Waals surface area contributed by atoms with Crippen LogP contribution in [0, 0.1) is 5.41 Å². The zero-order valence-electron chi connectivity index (χ0n) is 12.0. The summed E-state index contributed by atoms with van der Waals surface area (Å²) in [5.41, 5.74) is 0.381. The van der Waals surface area contributed by atoms with Crippen LogP contribution in [0.5, 0.6) is 0 Å². The van der Waals surface area contributed by atoms with Gasteiger partial charge < -0.3 is 15.2 Å². The molecule has 2 fully saturated rings. The van der Waals surface area contributed by atoms with Gasteiger partial charge in [0.25, 0.3) is 0 Å². The number of hydrogen-bond donors (Lipinski definition) is 2. The molecular weight excluding hydrogens is 226 g/mol. The van der Waals surface area contributed by atoms with Gasteiger partial charge in [0.15, 0.2) is 0 Å². The van der Waals surface area contributed by atoms with E-state index in [1.54, 1.807) is 0 Å². The maximum atomic E-state index is 9.95. The molecule has 106 valence electrons. The van der Waals surface area contributed by atoms with Gasteiger partial charge in [0.2, 0.25) is 0 Å². The minimum atomic E-state index is -0.359. The van der Waals surface area contributed by atoms with Crippen LogP contribution in [-0.4, -0.2) is 36.5 Å². The van der Waals surface area contributed by atoms with Crippen LogP contribution in [0.1, 0.15) is 58.8 Å². The van der Waals surface area contributed by atoms with Gasteiger partial charge in [-0.1, -0.05) is 33.1 Å². The summed E-state index contributed by atoms with van der Waals surface area (Å²) in [4.78, 5) is 0. The van der Waals surface area contributed by atoms with Gasteiger partial charge in [0.05, 0.1) is 18.8 Å². The molecule has 2 aliphatic carbocycles. The predicted molar refractivity (Wildman–Crippen MR) is 73.6 cm³/mol. The minimum Gasteiger partial charge on any atom is -0.389 e. The molecule has 0 aromatic rings. The molecule has 0 aliphatic heterocycles. The first-order valence-electron chi connectivity index (χ1n) is 7.61. The monoisotopic (exact) mass is 255 g/mol. The van der Waals surface area contributed by atoms with Crippen LogP contribution in [0.3, 0.4) is 0 Å². The third-order valence-electron chi connectivity index (χ3n) is 4.68. The average Bonchev–Trinajstić information content (AvgIpc) is 2.93. The predicted octanol–water partition coefficient (Wildman–Crippen LogP) is 2.47. The van der Waals surface area contributed by atoms with Gasteiger partial charge in [0, 0.05) is 12.6 Å². The summed E-state index contributed by atoms with van der Waals surface area (Å²) in [7, 11) is 0. The lowest BCUT2D eigenvalue weighted by atomic mass is 9.87. The van der Waals surface area contributed by atoms with Crippen molar-refractivity contribution in [1.29, 1.82) is 0 Å². The molecule has 2 aliphatic rings. The zero-order valence-corrected chi connectivity index (χ0v) is 12.0. The lowest BCUT2D eigenvalue weighted by Crippen LogP contribution is -2.42. The van der Waals surface area contributed by atoms with Crippen molar-refractivity contribution in [3.63, 3.8) is 0 Å². The molecule has 0 aromatic heterocycles. The molecule has 2 atom stereocenters. The molecule has 2 unspecified atom stereocenters. The molecule has 2 N–H and O–H groups in total. The quantitative estimate of drug-likeness (QED) is 0.766. The number of aliphatic hydroxyl groups excluding tert-OH is 1. The average molecular weight is 255 g/mol. The maximum absolute atomic E-state index is 9.95. The first-order chi connectivity index (χ1) is 8.58. The van der Waals surface area contributed by atoms with Crippen LogP contribution in [-0.2, 0) is 4.74 Å². The lowest BCUT2D eigenvalue weighted by Gasteiger charge is -2.29.